The van der Waals surface area contributed by atoms with Gasteiger partial charge in [0.15, 0.2) is 0 Å². The van der Waals surface area contributed by atoms with Gasteiger partial charge in [-0.3, -0.25) is 0 Å². The van der Waals surface area contributed by atoms with Crippen LogP contribution in [0.3, 0.4) is 0 Å². The van der Waals surface area contributed by atoms with Gasteiger partial charge in [-0.1, -0.05) is 36.4 Å². The highest BCUT2D eigenvalue weighted by Crippen LogP contribution is 2.30. The molecule has 0 amide bonds. The lowest BCUT2D eigenvalue weighted by molar-refractivity contribution is 1.05. The number of rotatable bonds is 2. The van der Waals surface area contributed by atoms with Gasteiger partial charge in [0, 0.05) is 42.1 Å². The molecule has 6 rings (SSSR count). The second kappa shape index (κ2) is 5.93. The lowest BCUT2D eigenvalue weighted by Crippen LogP contribution is -2.19. The lowest BCUT2D eigenvalue weighted by Gasteiger charge is -2.04. The van der Waals surface area contributed by atoms with E-state index in [-0.39, 0.29) is 0 Å². The molecule has 0 radical (unpaired) electrons. The van der Waals surface area contributed by atoms with Gasteiger partial charge in [-0.25, -0.2) is 15.0 Å². The minimum atomic E-state index is 0.608. The average Bonchev–Trinajstić information content (AvgIpc) is 3.46. The molecule has 7 heteroatoms. The van der Waals surface area contributed by atoms with Crippen LogP contribution in [0.15, 0.2) is 54.7 Å². The minimum absolute atomic E-state index is 0.608. The number of aromatic amines is 2. The number of hydrogen-bond acceptors (Lipinski definition) is 5. The zero-order chi connectivity index (χ0) is 20.4. The van der Waals surface area contributed by atoms with E-state index in [1.807, 2.05) is 61.6 Å². The molecule has 0 aliphatic carbocycles. The molecule has 30 heavy (non-hydrogen) atoms. The molecule has 0 fully saturated rings. The number of para-hydroxylation sites is 2. The quantitative estimate of drug-likeness (QED) is 0.420. The average molecular weight is 393 g/mol. The normalized spacial score (nSPS) is 13.0. The molecule has 0 aliphatic heterocycles. The summed E-state index contributed by atoms with van der Waals surface area (Å²) in [6.45, 7) is 0. The molecule has 2 aromatic carbocycles. The minimum Gasteiger partial charge on any atom is -0.396 e. The monoisotopic (exact) mass is 393 g/mol. The Morgan fingerprint density at radius 3 is 2.47 bits per heavy atom. The fraction of sp³-hybridized carbons (Fsp3) is 0.0870. The molecule has 4 N–H and O–H groups in total. The van der Waals surface area contributed by atoms with E-state index >= 15 is 0 Å². The first-order chi connectivity index (χ1) is 14.6. The number of pyridine rings is 1. The molecule has 0 unspecified atom stereocenters. The van der Waals surface area contributed by atoms with E-state index in [0.717, 1.165) is 54.8 Å². The van der Waals surface area contributed by atoms with E-state index in [2.05, 4.69) is 22.1 Å². The summed E-state index contributed by atoms with van der Waals surface area (Å²) >= 11 is 0. The number of aromatic nitrogens is 5. The molecule has 4 aromatic heterocycles. The van der Waals surface area contributed by atoms with Gasteiger partial charge in [0.25, 0.3) is 0 Å². The van der Waals surface area contributed by atoms with Gasteiger partial charge >= 0.3 is 0 Å². The highest BCUT2D eigenvalue weighted by molar-refractivity contribution is 6.17. The summed E-state index contributed by atoms with van der Waals surface area (Å²) < 4.78 is 0. The van der Waals surface area contributed by atoms with Crippen molar-refractivity contribution in [3.63, 3.8) is 0 Å². The molecule has 0 bridgehead atoms. The lowest BCUT2D eigenvalue weighted by atomic mass is 10.1. The molecule has 4 heterocycles. The van der Waals surface area contributed by atoms with Gasteiger partial charge in [-0.15, -0.1) is 0 Å². The number of hydrogen-bond donors (Lipinski definition) is 3. The van der Waals surface area contributed by atoms with E-state index < -0.39 is 0 Å². The van der Waals surface area contributed by atoms with Crippen LogP contribution >= 0.6 is 0 Å². The standard InChI is InChI=1S/C23H19N7/c1-30(2)23-28-19-17-13-8-4-6-10-16(13)26-22(17)27-20(21(19)29-23)18(24)14-11-25-15-9-5-3-7-12(14)15/h3-11,25H,24H2,1-2H3,(H,26,27)/b20-18+. The Hall–Kier alpha value is -4.13. The van der Waals surface area contributed by atoms with Crippen molar-refractivity contribution < 1.29 is 0 Å². The van der Waals surface area contributed by atoms with Gasteiger partial charge in [0.1, 0.15) is 16.7 Å². The number of benzene rings is 2. The molecule has 0 saturated heterocycles. The first-order valence-corrected chi connectivity index (χ1v) is 9.73. The highest BCUT2D eigenvalue weighted by Gasteiger charge is 2.18. The Bertz CT molecular complexity index is 1640. The SMILES string of the molecule is CN(C)c1nc2/c(=C(\N)c3c[nH]c4ccccc34)[nH]c3nc4ccccc4c3c2n1. The first kappa shape index (κ1) is 16.8. The first-order valence-electron chi connectivity index (χ1n) is 9.73. The summed E-state index contributed by atoms with van der Waals surface area (Å²) in [5, 5.41) is 3.81. The number of H-pyrrole nitrogens is 2. The third kappa shape index (κ3) is 2.23. The van der Waals surface area contributed by atoms with Crippen LogP contribution in [0.4, 0.5) is 5.95 Å². The number of nitrogens with one attached hydrogen (secondary N) is 2. The highest BCUT2D eigenvalue weighted by atomic mass is 15.2. The van der Waals surface area contributed by atoms with Crippen LogP contribution in [0.25, 0.3) is 49.6 Å². The van der Waals surface area contributed by atoms with Crippen LogP contribution in [0.5, 0.6) is 0 Å². The molecular formula is C23H19N7. The van der Waals surface area contributed by atoms with Crippen LogP contribution in [0.1, 0.15) is 5.56 Å². The van der Waals surface area contributed by atoms with Gasteiger partial charge in [-0.2, -0.15) is 0 Å². The summed E-state index contributed by atoms with van der Waals surface area (Å²) in [5.74, 6) is 0.643. The van der Waals surface area contributed by atoms with Gasteiger partial charge in [0.05, 0.1) is 21.9 Å². The fourth-order valence-electron chi connectivity index (χ4n) is 4.10. The van der Waals surface area contributed by atoms with Crippen molar-refractivity contribution in [2.45, 2.75) is 0 Å². The maximum Gasteiger partial charge on any atom is 0.226 e. The van der Waals surface area contributed by atoms with Crippen molar-refractivity contribution in [3.8, 4) is 0 Å². The van der Waals surface area contributed by atoms with Gasteiger partial charge in [-0.05, 0) is 12.1 Å². The summed E-state index contributed by atoms with van der Waals surface area (Å²) in [6.07, 6.45) is 1.93. The van der Waals surface area contributed by atoms with Crippen molar-refractivity contribution in [2.24, 2.45) is 5.73 Å². The fourth-order valence-corrected chi connectivity index (χ4v) is 4.10. The summed E-state index contributed by atoms with van der Waals surface area (Å²) in [5.41, 5.74) is 12.5. The summed E-state index contributed by atoms with van der Waals surface area (Å²) in [4.78, 5) is 23.1. The van der Waals surface area contributed by atoms with Crippen molar-refractivity contribution in [1.29, 1.82) is 0 Å². The number of nitrogens with zero attached hydrogens (tertiary/aromatic N) is 4. The molecule has 0 spiro atoms. The second-order valence-electron chi connectivity index (χ2n) is 7.63. The maximum atomic E-state index is 6.72. The molecule has 0 saturated carbocycles. The number of fused-ring (bicyclic) bond motifs is 6. The largest absolute Gasteiger partial charge is 0.396 e. The smallest absolute Gasteiger partial charge is 0.226 e. The number of anilines is 1. The van der Waals surface area contributed by atoms with Crippen molar-refractivity contribution in [2.75, 3.05) is 19.0 Å². The van der Waals surface area contributed by atoms with E-state index in [1.165, 1.54) is 0 Å². The third-order valence-electron chi connectivity index (χ3n) is 5.56. The zero-order valence-corrected chi connectivity index (χ0v) is 16.6. The predicted molar refractivity (Wildman–Crippen MR) is 121 cm³/mol. The summed E-state index contributed by atoms with van der Waals surface area (Å²) in [6, 6.07) is 16.2. The maximum absolute atomic E-state index is 6.72. The van der Waals surface area contributed by atoms with Crippen molar-refractivity contribution in [3.05, 3.63) is 65.6 Å². The molecule has 0 aliphatic rings. The van der Waals surface area contributed by atoms with Crippen LogP contribution < -0.4 is 16.0 Å². The molecule has 6 aromatic rings. The molecular weight excluding hydrogens is 374 g/mol. The summed E-state index contributed by atoms with van der Waals surface area (Å²) in [7, 11) is 3.87. The van der Waals surface area contributed by atoms with Gasteiger partial charge < -0.3 is 20.6 Å². The van der Waals surface area contributed by atoms with E-state index in [4.69, 9.17) is 20.7 Å². The molecule has 146 valence electrons. The number of nitrogens with two attached hydrogens (primary N) is 1. The third-order valence-corrected chi connectivity index (χ3v) is 5.56. The van der Waals surface area contributed by atoms with Crippen molar-refractivity contribution in [1.82, 2.24) is 24.9 Å². The molecule has 7 nitrogen and oxygen atoms in total. The van der Waals surface area contributed by atoms with Crippen molar-refractivity contribution >= 4 is 55.5 Å². The Morgan fingerprint density at radius 1 is 0.900 bits per heavy atom. The van der Waals surface area contributed by atoms with Crippen LogP contribution in [0.2, 0.25) is 0 Å². The van der Waals surface area contributed by atoms with Crippen LogP contribution in [0, 0.1) is 0 Å². The van der Waals surface area contributed by atoms with E-state index in [0.29, 0.717) is 11.6 Å². The van der Waals surface area contributed by atoms with E-state index in [9.17, 15) is 0 Å². The topological polar surface area (TPSA) is 99.5 Å². The Kier molecular flexibility index (Phi) is 3.32. The van der Waals surface area contributed by atoms with Crippen LogP contribution in [-0.2, 0) is 0 Å². The second-order valence-corrected chi connectivity index (χ2v) is 7.63. The van der Waals surface area contributed by atoms with E-state index in [1.54, 1.807) is 0 Å². The number of imidazole rings is 1. The predicted octanol–water partition coefficient (Wildman–Crippen LogP) is 3.04. The Labute approximate surface area is 171 Å². The Balaban J connectivity index is 1.81. The Morgan fingerprint density at radius 2 is 1.63 bits per heavy atom. The van der Waals surface area contributed by atoms with Crippen LogP contribution in [-0.4, -0.2) is 39.0 Å². The van der Waals surface area contributed by atoms with Gasteiger partial charge in [0.2, 0.25) is 5.95 Å². The molecule has 0 atom stereocenters. The zero-order valence-electron chi connectivity index (χ0n) is 16.6.